The summed E-state index contributed by atoms with van der Waals surface area (Å²) in [6.07, 6.45) is 3.64. The van der Waals surface area contributed by atoms with Crippen molar-refractivity contribution in [3.8, 4) is 11.1 Å². The summed E-state index contributed by atoms with van der Waals surface area (Å²) >= 11 is 1.53. The molecule has 1 aromatic carbocycles. The monoisotopic (exact) mass is 360 g/mol. The van der Waals surface area contributed by atoms with Crippen LogP contribution in [0.3, 0.4) is 0 Å². The van der Waals surface area contributed by atoms with Gasteiger partial charge in [0.25, 0.3) is 0 Å². The van der Waals surface area contributed by atoms with E-state index >= 15 is 0 Å². The fraction of sp³-hybridized carbons (Fsp3) is 0.421. The number of halogens is 1. The molecule has 6 heteroatoms. The first-order chi connectivity index (χ1) is 12.1. The van der Waals surface area contributed by atoms with Crippen LogP contribution in [0.15, 0.2) is 35.0 Å². The predicted octanol–water partition coefficient (Wildman–Crippen LogP) is 4.73. The Balaban J connectivity index is 1.45. The second kappa shape index (κ2) is 6.77. The Bertz CT molecular complexity index is 751. The van der Waals surface area contributed by atoms with Crippen LogP contribution in [0, 0.1) is 5.82 Å². The Morgan fingerprint density at radius 3 is 2.72 bits per heavy atom. The number of piperidine rings is 1. The van der Waals surface area contributed by atoms with Gasteiger partial charge < -0.3 is 9.64 Å². The third-order valence-corrected chi connectivity index (χ3v) is 6.06. The lowest BCUT2D eigenvalue weighted by atomic mass is 10.0. The Labute approximate surface area is 150 Å². The van der Waals surface area contributed by atoms with Gasteiger partial charge in [0, 0.05) is 30.5 Å². The fourth-order valence-corrected chi connectivity index (χ4v) is 4.69. The summed E-state index contributed by atoms with van der Waals surface area (Å²) in [7, 11) is 2.16. The summed E-state index contributed by atoms with van der Waals surface area (Å²) < 4.78 is 19.3. The maximum absolute atomic E-state index is 13.6. The number of amides is 1. The van der Waals surface area contributed by atoms with Crippen LogP contribution < -0.4 is 5.32 Å². The smallest absolute Gasteiger partial charge is 0.411 e. The summed E-state index contributed by atoms with van der Waals surface area (Å²) in [5.41, 5.74) is 2.12. The predicted molar refractivity (Wildman–Crippen MR) is 97.4 cm³/mol. The Morgan fingerprint density at radius 2 is 2.04 bits per heavy atom. The van der Waals surface area contributed by atoms with E-state index in [4.69, 9.17) is 4.74 Å². The molecule has 1 aromatic heterocycles. The molecule has 2 bridgehead atoms. The van der Waals surface area contributed by atoms with Crippen LogP contribution in [0.5, 0.6) is 0 Å². The van der Waals surface area contributed by atoms with Gasteiger partial charge in [-0.05, 0) is 60.5 Å². The number of nitrogens with zero attached hydrogens (tertiary/aromatic N) is 1. The number of benzene rings is 1. The van der Waals surface area contributed by atoms with Crippen LogP contribution in [-0.4, -0.2) is 36.2 Å². The number of anilines is 1. The van der Waals surface area contributed by atoms with Crippen LogP contribution in [-0.2, 0) is 4.74 Å². The number of nitrogens with one attached hydrogen (secondary N) is 1. The molecule has 132 valence electrons. The van der Waals surface area contributed by atoms with E-state index in [9.17, 15) is 9.18 Å². The normalized spacial score (nSPS) is 25.8. The highest BCUT2D eigenvalue weighted by atomic mass is 32.1. The van der Waals surface area contributed by atoms with Gasteiger partial charge in [0.15, 0.2) is 0 Å². The van der Waals surface area contributed by atoms with Crippen LogP contribution in [0.4, 0.5) is 14.9 Å². The molecule has 4 rings (SSSR count). The highest BCUT2D eigenvalue weighted by Crippen LogP contribution is 2.36. The molecule has 2 unspecified atom stereocenters. The van der Waals surface area contributed by atoms with E-state index in [2.05, 4.69) is 17.3 Å². The quantitative estimate of drug-likeness (QED) is 0.860. The summed E-state index contributed by atoms with van der Waals surface area (Å²) in [6.45, 7) is 0. The number of carbonyl (C=O) groups is 1. The van der Waals surface area contributed by atoms with Gasteiger partial charge in [0.1, 0.15) is 11.9 Å². The van der Waals surface area contributed by atoms with E-state index in [1.807, 2.05) is 16.8 Å². The lowest BCUT2D eigenvalue weighted by Crippen LogP contribution is -2.43. The Hall–Kier alpha value is -1.92. The number of rotatable bonds is 3. The SMILES string of the molecule is CN1C2CCC1CC(OC(=O)Nc1ccc(F)cc1-c1ccsc1)C2. The molecule has 2 atom stereocenters. The van der Waals surface area contributed by atoms with Crippen molar-refractivity contribution < 1.29 is 13.9 Å². The van der Waals surface area contributed by atoms with Gasteiger partial charge in [-0.2, -0.15) is 11.3 Å². The number of fused-ring (bicyclic) bond motifs is 2. The van der Waals surface area contributed by atoms with Crippen LogP contribution in [0.1, 0.15) is 25.7 Å². The first kappa shape index (κ1) is 16.5. The van der Waals surface area contributed by atoms with Gasteiger partial charge >= 0.3 is 6.09 Å². The molecule has 0 radical (unpaired) electrons. The molecule has 0 aliphatic carbocycles. The minimum atomic E-state index is -0.461. The molecule has 2 fully saturated rings. The summed E-state index contributed by atoms with van der Waals surface area (Å²) in [5.74, 6) is -0.327. The van der Waals surface area contributed by atoms with Crippen LogP contribution in [0.25, 0.3) is 11.1 Å². The standard InChI is InChI=1S/C19H21FN2O2S/c1-22-14-3-4-15(22)10-16(9-14)24-19(23)21-18-5-2-13(20)8-17(18)12-6-7-25-11-12/h2,5-8,11,14-16H,3-4,9-10H2,1H3,(H,21,23). The van der Waals surface area contributed by atoms with E-state index in [1.165, 1.54) is 36.3 Å². The number of hydrogen-bond acceptors (Lipinski definition) is 4. The third-order valence-electron chi connectivity index (χ3n) is 5.38. The molecule has 2 saturated heterocycles. The Kier molecular flexibility index (Phi) is 4.48. The van der Waals surface area contributed by atoms with Crippen molar-refractivity contribution in [2.75, 3.05) is 12.4 Å². The van der Waals surface area contributed by atoms with Gasteiger partial charge in [0.2, 0.25) is 0 Å². The zero-order valence-corrected chi connectivity index (χ0v) is 14.9. The third kappa shape index (κ3) is 3.41. The number of hydrogen-bond donors (Lipinski definition) is 1. The molecule has 1 amide bonds. The van der Waals surface area contributed by atoms with E-state index in [-0.39, 0.29) is 11.9 Å². The van der Waals surface area contributed by atoms with E-state index in [0.717, 1.165) is 18.4 Å². The van der Waals surface area contributed by atoms with E-state index in [1.54, 1.807) is 6.07 Å². The molecule has 25 heavy (non-hydrogen) atoms. The molecule has 3 heterocycles. The van der Waals surface area contributed by atoms with Crippen molar-refractivity contribution in [3.05, 3.63) is 40.8 Å². The van der Waals surface area contributed by atoms with Crippen molar-refractivity contribution >= 4 is 23.1 Å². The molecular formula is C19H21FN2O2S. The van der Waals surface area contributed by atoms with Gasteiger partial charge in [-0.15, -0.1) is 0 Å². The van der Waals surface area contributed by atoms with Crippen molar-refractivity contribution in [2.45, 2.75) is 43.9 Å². The minimum Gasteiger partial charge on any atom is -0.446 e. The average molecular weight is 360 g/mol. The summed E-state index contributed by atoms with van der Waals surface area (Å²) in [5, 5.41) is 6.66. The van der Waals surface area contributed by atoms with Crippen LogP contribution in [0.2, 0.25) is 0 Å². The number of ether oxygens (including phenoxy) is 1. The van der Waals surface area contributed by atoms with Crippen molar-refractivity contribution in [2.24, 2.45) is 0 Å². The topological polar surface area (TPSA) is 41.6 Å². The lowest BCUT2D eigenvalue weighted by molar-refractivity contribution is 0.0348. The fourth-order valence-electron chi connectivity index (χ4n) is 4.03. The largest absolute Gasteiger partial charge is 0.446 e. The molecular weight excluding hydrogens is 339 g/mol. The lowest BCUT2D eigenvalue weighted by Gasteiger charge is -2.35. The Morgan fingerprint density at radius 1 is 1.28 bits per heavy atom. The van der Waals surface area contributed by atoms with Gasteiger partial charge in [-0.25, -0.2) is 9.18 Å². The summed E-state index contributed by atoms with van der Waals surface area (Å²) in [4.78, 5) is 14.8. The maximum Gasteiger partial charge on any atom is 0.411 e. The highest BCUT2D eigenvalue weighted by Gasteiger charge is 2.39. The van der Waals surface area contributed by atoms with Gasteiger partial charge in [-0.1, -0.05) is 0 Å². The molecule has 0 spiro atoms. The second-order valence-corrected chi connectivity index (χ2v) is 7.66. The van der Waals surface area contributed by atoms with Gasteiger partial charge in [-0.3, -0.25) is 5.32 Å². The average Bonchev–Trinajstić information content (AvgIpc) is 3.16. The molecule has 0 saturated carbocycles. The van der Waals surface area contributed by atoms with Crippen LogP contribution >= 0.6 is 11.3 Å². The zero-order valence-electron chi connectivity index (χ0n) is 14.1. The van der Waals surface area contributed by atoms with Crippen molar-refractivity contribution in [3.63, 3.8) is 0 Å². The van der Waals surface area contributed by atoms with Gasteiger partial charge in [0.05, 0.1) is 5.69 Å². The molecule has 2 aliphatic heterocycles. The summed E-state index contributed by atoms with van der Waals surface area (Å²) in [6, 6.07) is 7.31. The number of thiophene rings is 1. The van der Waals surface area contributed by atoms with E-state index in [0.29, 0.717) is 23.3 Å². The molecule has 4 nitrogen and oxygen atoms in total. The number of carbonyl (C=O) groups excluding carboxylic acids is 1. The first-order valence-electron chi connectivity index (χ1n) is 8.62. The maximum atomic E-state index is 13.6. The molecule has 1 N–H and O–H groups in total. The van der Waals surface area contributed by atoms with Crippen molar-refractivity contribution in [1.29, 1.82) is 0 Å². The minimum absolute atomic E-state index is 0.0428. The van der Waals surface area contributed by atoms with Crippen molar-refractivity contribution in [1.82, 2.24) is 4.90 Å². The molecule has 2 aromatic rings. The highest BCUT2D eigenvalue weighted by molar-refractivity contribution is 7.08. The zero-order chi connectivity index (χ0) is 17.4. The molecule has 2 aliphatic rings. The first-order valence-corrected chi connectivity index (χ1v) is 9.56. The second-order valence-electron chi connectivity index (χ2n) is 6.88. The van der Waals surface area contributed by atoms with E-state index < -0.39 is 6.09 Å².